The van der Waals surface area contributed by atoms with E-state index < -0.39 is 0 Å². The third kappa shape index (κ3) is 5.02. The van der Waals surface area contributed by atoms with Gasteiger partial charge in [0, 0.05) is 36.7 Å². The predicted molar refractivity (Wildman–Crippen MR) is 147 cm³/mol. The van der Waals surface area contributed by atoms with E-state index in [1.165, 1.54) is 32.5 Å². The number of hydrogen-bond donors (Lipinski definition) is 0. The average molecular weight is 527 g/mol. The van der Waals surface area contributed by atoms with Crippen LogP contribution in [0.1, 0.15) is 32.6 Å². The van der Waals surface area contributed by atoms with Crippen LogP contribution in [-0.2, 0) is 9.59 Å². The van der Waals surface area contributed by atoms with Crippen molar-refractivity contribution in [1.82, 2.24) is 14.8 Å². The highest BCUT2D eigenvalue weighted by Gasteiger charge is 2.37. The van der Waals surface area contributed by atoms with Crippen LogP contribution in [0, 0.1) is 0 Å². The standard InChI is InChI=1S/C24H26N6O2S3/c1-5-28(6-2)16-11-9-15(10-12-16)26-27-23-25-20-19(35-23)14-17(34-20)13-18-21(31)29(7-3)24(33)30(8-4)22(18)32/h9-14H,5-8H2,1-4H3/b27-26+. The van der Waals surface area contributed by atoms with E-state index in [2.05, 4.69) is 34.0 Å². The van der Waals surface area contributed by atoms with Gasteiger partial charge in [0.15, 0.2) is 5.11 Å². The van der Waals surface area contributed by atoms with E-state index >= 15 is 0 Å². The third-order valence-electron chi connectivity index (χ3n) is 5.66. The number of likely N-dealkylation sites (N-methyl/N-ethyl adjacent to an activating group) is 2. The number of rotatable bonds is 8. The number of carbonyl (C=O) groups is 2. The summed E-state index contributed by atoms with van der Waals surface area (Å²) in [4.78, 5) is 37.0. The summed E-state index contributed by atoms with van der Waals surface area (Å²) in [6, 6.07) is 9.90. The number of nitrogens with zero attached hydrogens (tertiary/aromatic N) is 6. The minimum atomic E-state index is -0.363. The molecular weight excluding hydrogens is 501 g/mol. The normalized spacial score (nSPS) is 14.6. The first-order chi connectivity index (χ1) is 16.9. The first-order valence-corrected chi connectivity index (χ1v) is 13.5. The molecule has 2 amide bonds. The van der Waals surface area contributed by atoms with E-state index in [9.17, 15) is 9.59 Å². The minimum Gasteiger partial charge on any atom is -0.372 e. The Morgan fingerprint density at radius 3 is 2.14 bits per heavy atom. The quantitative estimate of drug-likeness (QED) is 0.156. The van der Waals surface area contributed by atoms with Crippen molar-refractivity contribution in [1.29, 1.82) is 0 Å². The van der Waals surface area contributed by atoms with Crippen molar-refractivity contribution in [2.24, 2.45) is 10.2 Å². The molecule has 1 aliphatic heterocycles. The number of thiazole rings is 1. The van der Waals surface area contributed by atoms with Gasteiger partial charge in [-0.1, -0.05) is 11.3 Å². The number of thiocarbonyl (C=S) groups is 1. The molecule has 3 heterocycles. The molecule has 0 spiro atoms. The average Bonchev–Trinajstić information content (AvgIpc) is 3.41. The van der Waals surface area contributed by atoms with Gasteiger partial charge in [-0.15, -0.1) is 21.6 Å². The summed E-state index contributed by atoms with van der Waals surface area (Å²) in [5.41, 5.74) is 2.04. The fourth-order valence-corrected chi connectivity index (χ4v) is 6.21. The van der Waals surface area contributed by atoms with Crippen LogP contribution >= 0.6 is 34.9 Å². The highest BCUT2D eigenvalue weighted by Crippen LogP contribution is 2.36. The lowest BCUT2D eigenvalue weighted by Gasteiger charge is -2.35. The van der Waals surface area contributed by atoms with Crippen molar-refractivity contribution in [3.05, 3.63) is 40.8 Å². The summed E-state index contributed by atoms with van der Waals surface area (Å²) in [6.45, 7) is 10.7. The number of carbonyl (C=O) groups excluding carboxylic acids is 2. The number of azo groups is 1. The lowest BCUT2D eigenvalue weighted by molar-refractivity contribution is -0.133. The molecule has 11 heteroatoms. The zero-order valence-electron chi connectivity index (χ0n) is 20.0. The van der Waals surface area contributed by atoms with Crippen LogP contribution in [0.4, 0.5) is 16.5 Å². The Balaban J connectivity index is 1.53. The molecule has 0 bridgehead atoms. The van der Waals surface area contributed by atoms with E-state index in [0.717, 1.165) is 38.9 Å². The maximum atomic E-state index is 12.8. The molecule has 0 radical (unpaired) electrons. The smallest absolute Gasteiger partial charge is 0.265 e. The van der Waals surface area contributed by atoms with Gasteiger partial charge < -0.3 is 4.90 Å². The fraction of sp³-hybridized carbons (Fsp3) is 0.333. The predicted octanol–water partition coefficient (Wildman–Crippen LogP) is 6.00. The molecular formula is C24H26N6O2S3. The van der Waals surface area contributed by atoms with Crippen molar-refractivity contribution in [3.63, 3.8) is 0 Å². The fourth-order valence-electron chi connectivity index (χ4n) is 3.80. The molecule has 0 aliphatic carbocycles. The largest absolute Gasteiger partial charge is 0.372 e. The lowest BCUT2D eigenvalue weighted by Crippen LogP contribution is -2.55. The molecule has 8 nitrogen and oxygen atoms in total. The van der Waals surface area contributed by atoms with E-state index in [-0.39, 0.29) is 22.5 Å². The van der Waals surface area contributed by atoms with Gasteiger partial charge in [0.2, 0.25) is 5.13 Å². The van der Waals surface area contributed by atoms with E-state index in [1.807, 2.05) is 44.2 Å². The number of aromatic nitrogens is 1. The highest BCUT2D eigenvalue weighted by molar-refractivity contribution is 7.80. The van der Waals surface area contributed by atoms with Gasteiger partial charge in [-0.05, 0) is 76.3 Å². The van der Waals surface area contributed by atoms with E-state index in [4.69, 9.17) is 12.2 Å². The number of amides is 2. The number of hydrogen-bond acceptors (Lipinski definition) is 9. The van der Waals surface area contributed by atoms with E-state index in [1.54, 1.807) is 6.08 Å². The molecule has 1 saturated heterocycles. The second kappa shape index (κ2) is 10.7. The van der Waals surface area contributed by atoms with Gasteiger partial charge in [-0.3, -0.25) is 19.4 Å². The molecule has 35 heavy (non-hydrogen) atoms. The van der Waals surface area contributed by atoms with Crippen molar-refractivity contribution in [2.45, 2.75) is 27.7 Å². The van der Waals surface area contributed by atoms with Crippen molar-refractivity contribution < 1.29 is 9.59 Å². The van der Waals surface area contributed by atoms with Crippen LogP contribution in [0.25, 0.3) is 15.6 Å². The van der Waals surface area contributed by atoms with Gasteiger partial charge in [0.25, 0.3) is 11.8 Å². The Labute approximate surface area is 217 Å². The van der Waals surface area contributed by atoms with E-state index in [0.29, 0.717) is 18.2 Å². The van der Waals surface area contributed by atoms with Gasteiger partial charge in [-0.25, -0.2) is 4.98 Å². The number of thiophene rings is 1. The lowest BCUT2D eigenvalue weighted by atomic mass is 10.1. The first-order valence-electron chi connectivity index (χ1n) is 11.5. The van der Waals surface area contributed by atoms with Crippen LogP contribution < -0.4 is 4.90 Å². The van der Waals surface area contributed by atoms with Crippen molar-refractivity contribution in [3.8, 4) is 0 Å². The van der Waals surface area contributed by atoms with Crippen molar-refractivity contribution in [2.75, 3.05) is 31.1 Å². The number of fused-ring (bicyclic) bond motifs is 1. The molecule has 1 fully saturated rings. The Morgan fingerprint density at radius 1 is 0.971 bits per heavy atom. The molecule has 0 saturated carbocycles. The summed E-state index contributed by atoms with van der Waals surface area (Å²) >= 11 is 8.14. The van der Waals surface area contributed by atoms with Gasteiger partial charge >= 0.3 is 0 Å². The van der Waals surface area contributed by atoms with Gasteiger partial charge in [0.05, 0.1) is 10.4 Å². The molecule has 182 valence electrons. The summed E-state index contributed by atoms with van der Waals surface area (Å²) in [5, 5.41) is 9.43. The van der Waals surface area contributed by atoms with Crippen LogP contribution in [0.2, 0.25) is 0 Å². The number of anilines is 1. The van der Waals surface area contributed by atoms with Crippen molar-refractivity contribution >= 4 is 83.9 Å². The molecule has 1 aliphatic rings. The zero-order chi connectivity index (χ0) is 25.1. The molecule has 4 rings (SSSR count). The van der Waals surface area contributed by atoms with Gasteiger partial charge in [0.1, 0.15) is 10.4 Å². The molecule has 3 aromatic rings. The Morgan fingerprint density at radius 2 is 1.60 bits per heavy atom. The van der Waals surface area contributed by atoms with Crippen LogP contribution in [0.5, 0.6) is 0 Å². The Bertz CT molecular complexity index is 1260. The molecule has 0 N–H and O–H groups in total. The van der Waals surface area contributed by atoms with Crippen LogP contribution in [0.15, 0.2) is 46.1 Å². The van der Waals surface area contributed by atoms with Gasteiger partial charge in [-0.2, -0.15) is 0 Å². The summed E-state index contributed by atoms with van der Waals surface area (Å²) < 4.78 is 0.929. The highest BCUT2D eigenvalue weighted by atomic mass is 32.1. The summed E-state index contributed by atoms with van der Waals surface area (Å²) in [7, 11) is 0. The van der Waals surface area contributed by atoms with Crippen LogP contribution in [0.3, 0.4) is 0 Å². The maximum absolute atomic E-state index is 12.8. The summed E-state index contributed by atoms with van der Waals surface area (Å²) in [5.74, 6) is -0.725. The molecule has 2 aromatic heterocycles. The maximum Gasteiger partial charge on any atom is 0.265 e. The monoisotopic (exact) mass is 526 g/mol. The zero-order valence-corrected chi connectivity index (χ0v) is 22.5. The summed E-state index contributed by atoms with van der Waals surface area (Å²) in [6.07, 6.45) is 1.63. The first kappa shape index (κ1) is 25.1. The topological polar surface area (TPSA) is 81.5 Å². The molecule has 1 aromatic carbocycles. The molecule has 0 atom stereocenters. The second-order valence-corrected chi connectivity index (χ2v) is 10.1. The second-order valence-electron chi connectivity index (χ2n) is 7.64. The molecule has 0 unspecified atom stereocenters. The number of benzene rings is 1. The minimum absolute atomic E-state index is 0.115. The Hall–Kier alpha value is -3.02. The third-order valence-corrected chi connectivity index (χ3v) is 8.09. The van der Waals surface area contributed by atoms with Crippen LogP contribution in [-0.4, -0.2) is 57.9 Å². The SMILES string of the molecule is CCN1C(=O)C(=Cc2cc3sc(/N=N/c4ccc(N(CC)CC)cc4)nc3s2)C(=O)N(CC)C1=S. The Kier molecular flexibility index (Phi) is 7.68.